The second kappa shape index (κ2) is 5.99. The zero-order valence-electron chi connectivity index (χ0n) is 12.4. The third kappa shape index (κ3) is 4.67. The molecule has 1 rings (SSSR count). The lowest BCUT2D eigenvalue weighted by Gasteiger charge is -2.26. The summed E-state index contributed by atoms with van der Waals surface area (Å²) in [6.07, 6.45) is -4.25. The first-order valence-corrected chi connectivity index (χ1v) is 6.60. The van der Waals surface area contributed by atoms with Crippen LogP contribution >= 0.6 is 0 Å². The minimum atomic E-state index is -4.25. The molecule has 0 radical (unpaired) electrons. The maximum atomic E-state index is 12.6. The zero-order valence-corrected chi connectivity index (χ0v) is 12.4. The lowest BCUT2D eigenvalue weighted by atomic mass is 9.90. The van der Waals surface area contributed by atoms with Gasteiger partial charge in [0.2, 0.25) is 0 Å². The lowest BCUT2D eigenvalue weighted by molar-refractivity contribution is -0.119. The van der Waals surface area contributed by atoms with Crippen LogP contribution in [0.1, 0.15) is 39.0 Å². The van der Waals surface area contributed by atoms with E-state index in [1.807, 2.05) is 26.8 Å². The topological polar surface area (TPSA) is 42.1 Å². The average Bonchev–Trinajstić information content (AvgIpc) is 2.33. The highest BCUT2D eigenvalue weighted by atomic mass is 19.4. The number of aromatic nitrogens is 1. The molecule has 0 bridgehead atoms. The second-order valence-corrected chi connectivity index (χ2v) is 5.80. The van der Waals surface area contributed by atoms with Crippen molar-refractivity contribution in [2.45, 2.75) is 45.8 Å². The monoisotopic (exact) mass is 289 g/mol. The standard InChI is InChI=1S/C14H22F3N3/c1-5-20(9-14(15,16)17)12-7-10(8-18)6-11(19-12)13(2,3)4/h6-7H,5,8-9,18H2,1-4H3. The number of hydrogen-bond donors (Lipinski definition) is 1. The zero-order chi connectivity index (χ0) is 15.6. The van der Waals surface area contributed by atoms with Gasteiger partial charge >= 0.3 is 6.18 Å². The Balaban J connectivity index is 3.21. The fraction of sp³-hybridized carbons (Fsp3) is 0.643. The van der Waals surface area contributed by atoms with E-state index in [9.17, 15) is 13.2 Å². The molecular formula is C14H22F3N3. The van der Waals surface area contributed by atoms with E-state index in [-0.39, 0.29) is 18.5 Å². The molecule has 114 valence electrons. The highest BCUT2D eigenvalue weighted by molar-refractivity contribution is 5.44. The quantitative estimate of drug-likeness (QED) is 0.925. The summed E-state index contributed by atoms with van der Waals surface area (Å²) in [5, 5.41) is 0. The molecule has 0 atom stereocenters. The van der Waals surface area contributed by atoms with Crippen LogP contribution in [0.3, 0.4) is 0 Å². The van der Waals surface area contributed by atoms with Crippen molar-refractivity contribution in [2.75, 3.05) is 18.0 Å². The lowest BCUT2D eigenvalue weighted by Crippen LogP contribution is -2.35. The smallest absolute Gasteiger partial charge is 0.348 e. The molecule has 0 aliphatic carbocycles. The number of anilines is 1. The molecule has 0 unspecified atom stereocenters. The molecule has 1 heterocycles. The van der Waals surface area contributed by atoms with E-state index in [0.717, 1.165) is 11.3 Å². The van der Waals surface area contributed by atoms with Crippen LogP contribution in [0.4, 0.5) is 19.0 Å². The number of rotatable bonds is 4. The van der Waals surface area contributed by atoms with Crippen LogP contribution in [0.25, 0.3) is 0 Å². The fourth-order valence-electron chi connectivity index (χ4n) is 1.81. The Morgan fingerprint density at radius 2 is 1.80 bits per heavy atom. The Kier molecular flexibility index (Phi) is 5.02. The van der Waals surface area contributed by atoms with Gasteiger partial charge in [-0.1, -0.05) is 20.8 Å². The van der Waals surface area contributed by atoms with Crippen molar-refractivity contribution in [2.24, 2.45) is 5.73 Å². The predicted molar refractivity (Wildman–Crippen MR) is 74.8 cm³/mol. The van der Waals surface area contributed by atoms with Gasteiger partial charge < -0.3 is 10.6 Å². The SMILES string of the molecule is CCN(CC(F)(F)F)c1cc(CN)cc(C(C)(C)C)n1. The largest absolute Gasteiger partial charge is 0.405 e. The van der Waals surface area contributed by atoms with Crippen molar-refractivity contribution in [3.8, 4) is 0 Å². The van der Waals surface area contributed by atoms with Gasteiger partial charge in [-0.25, -0.2) is 4.98 Å². The van der Waals surface area contributed by atoms with Gasteiger partial charge in [0, 0.05) is 24.2 Å². The van der Waals surface area contributed by atoms with Gasteiger partial charge in [-0.05, 0) is 24.6 Å². The minimum absolute atomic E-state index is 0.239. The third-order valence-electron chi connectivity index (χ3n) is 2.95. The van der Waals surface area contributed by atoms with Crippen LogP contribution in [-0.2, 0) is 12.0 Å². The number of halogens is 3. The molecule has 0 aliphatic rings. The van der Waals surface area contributed by atoms with Crippen LogP contribution in [0.5, 0.6) is 0 Å². The Morgan fingerprint density at radius 3 is 2.20 bits per heavy atom. The van der Waals surface area contributed by atoms with E-state index in [1.165, 1.54) is 4.90 Å². The van der Waals surface area contributed by atoms with Gasteiger partial charge in [-0.15, -0.1) is 0 Å². The predicted octanol–water partition coefficient (Wildman–Crippen LogP) is 3.23. The first kappa shape index (κ1) is 16.8. The summed E-state index contributed by atoms with van der Waals surface area (Å²) < 4.78 is 37.8. The van der Waals surface area contributed by atoms with E-state index < -0.39 is 12.7 Å². The molecule has 1 aromatic heterocycles. The molecule has 1 aromatic rings. The average molecular weight is 289 g/mol. The van der Waals surface area contributed by atoms with E-state index in [4.69, 9.17) is 5.73 Å². The summed E-state index contributed by atoms with van der Waals surface area (Å²) in [5.74, 6) is 0.331. The van der Waals surface area contributed by atoms with Crippen LogP contribution in [-0.4, -0.2) is 24.2 Å². The summed E-state index contributed by atoms with van der Waals surface area (Å²) in [7, 11) is 0. The van der Waals surface area contributed by atoms with Crippen molar-refractivity contribution >= 4 is 5.82 Å². The number of hydrogen-bond acceptors (Lipinski definition) is 3. The molecule has 0 spiro atoms. The maximum Gasteiger partial charge on any atom is 0.405 e. The van der Waals surface area contributed by atoms with Gasteiger partial charge in [-0.2, -0.15) is 13.2 Å². The Morgan fingerprint density at radius 1 is 1.20 bits per heavy atom. The van der Waals surface area contributed by atoms with Crippen molar-refractivity contribution in [1.29, 1.82) is 0 Å². The molecule has 0 fully saturated rings. The van der Waals surface area contributed by atoms with Gasteiger partial charge in [0.15, 0.2) is 0 Å². The molecule has 2 N–H and O–H groups in total. The van der Waals surface area contributed by atoms with Crippen LogP contribution < -0.4 is 10.6 Å². The van der Waals surface area contributed by atoms with Gasteiger partial charge in [0.05, 0.1) is 0 Å². The molecule has 0 aliphatic heterocycles. The summed E-state index contributed by atoms with van der Waals surface area (Å²) in [6.45, 7) is 7.11. The van der Waals surface area contributed by atoms with E-state index in [1.54, 1.807) is 13.0 Å². The Hall–Kier alpha value is -1.30. The van der Waals surface area contributed by atoms with Crippen molar-refractivity contribution in [3.05, 3.63) is 23.4 Å². The second-order valence-electron chi connectivity index (χ2n) is 5.80. The fourth-order valence-corrected chi connectivity index (χ4v) is 1.81. The van der Waals surface area contributed by atoms with E-state index in [0.29, 0.717) is 5.82 Å². The maximum absolute atomic E-state index is 12.6. The third-order valence-corrected chi connectivity index (χ3v) is 2.95. The van der Waals surface area contributed by atoms with E-state index >= 15 is 0 Å². The molecule has 0 aromatic carbocycles. The van der Waals surface area contributed by atoms with Gasteiger partial charge in [0.1, 0.15) is 12.4 Å². The van der Waals surface area contributed by atoms with Gasteiger partial charge in [-0.3, -0.25) is 0 Å². The molecule has 3 nitrogen and oxygen atoms in total. The van der Waals surface area contributed by atoms with Crippen molar-refractivity contribution < 1.29 is 13.2 Å². The summed E-state index contributed by atoms with van der Waals surface area (Å²) in [4.78, 5) is 5.60. The molecule has 0 saturated heterocycles. The summed E-state index contributed by atoms with van der Waals surface area (Å²) in [6, 6.07) is 3.48. The summed E-state index contributed by atoms with van der Waals surface area (Å²) >= 11 is 0. The number of nitrogens with two attached hydrogens (primary N) is 1. The molecule has 0 saturated carbocycles. The first-order chi connectivity index (χ1) is 9.06. The normalized spacial score (nSPS) is 12.6. The number of nitrogens with zero attached hydrogens (tertiary/aromatic N) is 2. The van der Waals surface area contributed by atoms with Crippen molar-refractivity contribution in [1.82, 2.24) is 4.98 Å². The summed E-state index contributed by atoms with van der Waals surface area (Å²) in [5.41, 5.74) is 6.93. The van der Waals surface area contributed by atoms with Crippen LogP contribution in [0.2, 0.25) is 0 Å². The van der Waals surface area contributed by atoms with E-state index in [2.05, 4.69) is 4.98 Å². The van der Waals surface area contributed by atoms with Crippen LogP contribution in [0.15, 0.2) is 12.1 Å². The highest BCUT2D eigenvalue weighted by Gasteiger charge is 2.31. The highest BCUT2D eigenvalue weighted by Crippen LogP contribution is 2.26. The molecule has 20 heavy (non-hydrogen) atoms. The first-order valence-electron chi connectivity index (χ1n) is 6.60. The van der Waals surface area contributed by atoms with Gasteiger partial charge in [0.25, 0.3) is 0 Å². The Bertz CT molecular complexity index is 450. The number of pyridine rings is 1. The van der Waals surface area contributed by atoms with Crippen molar-refractivity contribution in [3.63, 3.8) is 0 Å². The van der Waals surface area contributed by atoms with Crippen LogP contribution in [0, 0.1) is 0 Å². The Labute approximate surface area is 118 Å². The molecular weight excluding hydrogens is 267 g/mol. The molecule has 0 amide bonds. The minimum Gasteiger partial charge on any atom is -0.348 e. The molecule has 6 heteroatoms. The number of alkyl halides is 3.